The second kappa shape index (κ2) is 4.14. The van der Waals surface area contributed by atoms with Gasteiger partial charge in [0.05, 0.1) is 5.50 Å². The summed E-state index contributed by atoms with van der Waals surface area (Å²) in [6, 6.07) is 0.520. The van der Waals surface area contributed by atoms with E-state index >= 15 is 0 Å². The van der Waals surface area contributed by atoms with Crippen LogP contribution in [0.3, 0.4) is 0 Å². The zero-order valence-electron chi connectivity index (χ0n) is 7.80. The Hall–Kier alpha value is 0.500. The Morgan fingerprint density at radius 2 is 1.83 bits per heavy atom. The van der Waals surface area contributed by atoms with Crippen LogP contribution >= 0.6 is 23.2 Å². The zero-order valence-corrected chi connectivity index (χ0v) is 9.31. The first-order chi connectivity index (χ1) is 5.57. The Balaban J connectivity index is 2.63. The van der Waals surface area contributed by atoms with Crippen molar-refractivity contribution in [2.45, 2.75) is 36.9 Å². The zero-order chi connectivity index (χ0) is 9.30. The Bertz CT molecular complexity index is 149. The summed E-state index contributed by atoms with van der Waals surface area (Å²) in [7, 11) is 4.00. The molecule has 1 fully saturated rings. The monoisotopic (exact) mass is 210 g/mol. The SMILES string of the molecule is CCC1CC(Cl)N(C)C(Cl)N1C. The van der Waals surface area contributed by atoms with Gasteiger partial charge in [0.15, 0.2) is 0 Å². The lowest BCUT2D eigenvalue weighted by Crippen LogP contribution is -2.54. The summed E-state index contributed by atoms with van der Waals surface area (Å²) in [4.78, 5) is 4.15. The van der Waals surface area contributed by atoms with Gasteiger partial charge in [-0.2, -0.15) is 0 Å². The molecule has 72 valence electrons. The topological polar surface area (TPSA) is 6.48 Å². The molecule has 0 radical (unpaired) electrons. The summed E-state index contributed by atoms with van der Waals surface area (Å²) >= 11 is 12.3. The van der Waals surface area contributed by atoms with Gasteiger partial charge in [0.25, 0.3) is 0 Å². The van der Waals surface area contributed by atoms with Gasteiger partial charge in [0.1, 0.15) is 5.62 Å². The number of halogens is 2. The minimum atomic E-state index is -0.0637. The van der Waals surface area contributed by atoms with Crippen molar-refractivity contribution < 1.29 is 0 Å². The standard InChI is InChI=1S/C8H16Cl2N2/c1-4-6-5-7(9)12(3)8(10)11(6)2/h6-8H,4-5H2,1-3H3. The van der Waals surface area contributed by atoms with Gasteiger partial charge in [-0.15, -0.1) is 11.6 Å². The second-order valence-electron chi connectivity index (χ2n) is 3.37. The van der Waals surface area contributed by atoms with E-state index in [1.165, 1.54) is 0 Å². The summed E-state index contributed by atoms with van der Waals surface area (Å²) in [5.74, 6) is 0. The van der Waals surface area contributed by atoms with E-state index in [0.29, 0.717) is 6.04 Å². The molecule has 0 spiro atoms. The lowest BCUT2D eigenvalue weighted by atomic mass is 10.1. The summed E-state index contributed by atoms with van der Waals surface area (Å²) in [6.07, 6.45) is 2.10. The van der Waals surface area contributed by atoms with Crippen molar-refractivity contribution in [2.24, 2.45) is 0 Å². The summed E-state index contributed by atoms with van der Waals surface area (Å²) in [5, 5.41) is 0. The van der Waals surface area contributed by atoms with Crippen LogP contribution in [-0.2, 0) is 0 Å². The molecule has 0 aliphatic carbocycles. The molecule has 0 N–H and O–H groups in total. The lowest BCUT2D eigenvalue weighted by molar-refractivity contribution is 0.0341. The first-order valence-corrected chi connectivity index (χ1v) is 5.17. The molecule has 1 rings (SSSR count). The molecule has 12 heavy (non-hydrogen) atoms. The van der Waals surface area contributed by atoms with Crippen molar-refractivity contribution in [1.82, 2.24) is 9.80 Å². The van der Waals surface area contributed by atoms with Gasteiger partial charge in [-0.1, -0.05) is 18.5 Å². The van der Waals surface area contributed by atoms with Crippen molar-refractivity contribution in [2.75, 3.05) is 14.1 Å². The normalized spacial score (nSPS) is 40.2. The molecule has 3 unspecified atom stereocenters. The van der Waals surface area contributed by atoms with Crippen LogP contribution in [0.5, 0.6) is 0 Å². The van der Waals surface area contributed by atoms with Crippen LogP contribution < -0.4 is 0 Å². The van der Waals surface area contributed by atoms with Gasteiger partial charge >= 0.3 is 0 Å². The van der Waals surface area contributed by atoms with Crippen LogP contribution in [0, 0.1) is 0 Å². The Morgan fingerprint density at radius 3 is 2.33 bits per heavy atom. The number of hydrogen-bond donors (Lipinski definition) is 0. The fourth-order valence-electron chi connectivity index (χ4n) is 1.61. The molecule has 4 heteroatoms. The molecule has 2 nitrogen and oxygen atoms in total. The average molecular weight is 211 g/mol. The van der Waals surface area contributed by atoms with E-state index in [9.17, 15) is 0 Å². The highest BCUT2D eigenvalue weighted by Crippen LogP contribution is 2.28. The highest BCUT2D eigenvalue weighted by molar-refractivity contribution is 6.23. The van der Waals surface area contributed by atoms with Crippen molar-refractivity contribution >= 4 is 23.2 Å². The molecule has 1 heterocycles. The quantitative estimate of drug-likeness (QED) is 0.484. The Morgan fingerprint density at radius 1 is 1.25 bits per heavy atom. The van der Waals surface area contributed by atoms with E-state index in [1.54, 1.807) is 0 Å². The first kappa shape index (κ1) is 10.6. The predicted octanol–water partition coefficient (Wildman–Crippen LogP) is 2.12. The number of nitrogens with zero attached hydrogens (tertiary/aromatic N) is 2. The van der Waals surface area contributed by atoms with Crippen molar-refractivity contribution in [3.05, 3.63) is 0 Å². The molecule has 3 atom stereocenters. The Labute approximate surface area is 84.4 Å². The molecular weight excluding hydrogens is 195 g/mol. The van der Waals surface area contributed by atoms with E-state index in [1.807, 2.05) is 19.0 Å². The third kappa shape index (κ3) is 1.87. The number of alkyl halides is 2. The Kier molecular flexibility index (Phi) is 3.65. The van der Waals surface area contributed by atoms with Gasteiger partial charge in [0.2, 0.25) is 0 Å². The van der Waals surface area contributed by atoms with Gasteiger partial charge < -0.3 is 0 Å². The third-order valence-electron chi connectivity index (χ3n) is 2.63. The van der Waals surface area contributed by atoms with E-state index in [2.05, 4.69) is 11.8 Å². The number of hydrogen-bond acceptors (Lipinski definition) is 2. The molecular formula is C8H16Cl2N2. The van der Waals surface area contributed by atoms with Crippen molar-refractivity contribution in [3.8, 4) is 0 Å². The predicted molar refractivity (Wildman–Crippen MR) is 53.5 cm³/mol. The minimum absolute atomic E-state index is 0.0637. The second-order valence-corrected chi connectivity index (χ2v) is 4.27. The van der Waals surface area contributed by atoms with Gasteiger partial charge in [-0.3, -0.25) is 9.80 Å². The molecule has 1 aliphatic rings. The molecule has 0 bridgehead atoms. The van der Waals surface area contributed by atoms with Crippen LogP contribution in [0.1, 0.15) is 19.8 Å². The van der Waals surface area contributed by atoms with Crippen LogP contribution in [0.15, 0.2) is 0 Å². The molecule has 0 aromatic carbocycles. The van der Waals surface area contributed by atoms with Gasteiger partial charge in [-0.05, 0) is 26.9 Å². The molecule has 0 aromatic rings. The van der Waals surface area contributed by atoms with Crippen LogP contribution in [0.25, 0.3) is 0 Å². The van der Waals surface area contributed by atoms with Gasteiger partial charge in [0, 0.05) is 6.04 Å². The van der Waals surface area contributed by atoms with Crippen molar-refractivity contribution in [1.29, 1.82) is 0 Å². The summed E-state index contributed by atoms with van der Waals surface area (Å²) in [6.45, 7) is 2.17. The molecule has 1 aliphatic heterocycles. The smallest absolute Gasteiger partial charge is 0.141 e. The van der Waals surface area contributed by atoms with E-state index in [0.717, 1.165) is 12.8 Å². The molecule has 0 amide bonds. The van der Waals surface area contributed by atoms with E-state index < -0.39 is 0 Å². The van der Waals surface area contributed by atoms with E-state index in [4.69, 9.17) is 23.2 Å². The van der Waals surface area contributed by atoms with Gasteiger partial charge in [-0.25, -0.2) is 0 Å². The molecule has 0 saturated carbocycles. The molecule has 0 aromatic heterocycles. The third-order valence-corrected chi connectivity index (χ3v) is 3.73. The maximum absolute atomic E-state index is 6.15. The van der Waals surface area contributed by atoms with Crippen LogP contribution in [0.4, 0.5) is 0 Å². The maximum atomic E-state index is 6.15. The highest BCUT2D eigenvalue weighted by atomic mass is 35.5. The van der Waals surface area contributed by atoms with Crippen LogP contribution in [0.2, 0.25) is 0 Å². The van der Waals surface area contributed by atoms with Crippen molar-refractivity contribution in [3.63, 3.8) is 0 Å². The largest absolute Gasteiger partial charge is 0.275 e. The lowest BCUT2D eigenvalue weighted by Gasteiger charge is -2.44. The minimum Gasteiger partial charge on any atom is -0.275 e. The fourth-order valence-corrected chi connectivity index (χ4v) is 2.27. The van der Waals surface area contributed by atoms with E-state index in [-0.39, 0.29) is 11.1 Å². The summed E-state index contributed by atoms with van der Waals surface area (Å²) < 4.78 is 0. The highest BCUT2D eigenvalue weighted by Gasteiger charge is 2.34. The van der Waals surface area contributed by atoms with Crippen LogP contribution in [-0.4, -0.2) is 41.1 Å². The fraction of sp³-hybridized carbons (Fsp3) is 1.00. The summed E-state index contributed by atoms with van der Waals surface area (Å²) in [5.41, 5.74) is 0.0137. The number of rotatable bonds is 1. The first-order valence-electron chi connectivity index (χ1n) is 4.30. The average Bonchev–Trinajstić information content (AvgIpc) is 2.08. The maximum Gasteiger partial charge on any atom is 0.141 e. The molecule has 1 saturated heterocycles.